The predicted octanol–water partition coefficient (Wildman–Crippen LogP) is 5.36. The number of rotatable bonds is 14. The number of aromatic amines is 1. The Morgan fingerprint density at radius 1 is 0.911 bits per heavy atom. The number of aromatic nitrogens is 1. The van der Waals surface area contributed by atoms with Crippen LogP contribution in [0.4, 0.5) is 21.0 Å². The number of carbonyl (C=O) groups excluding carboxylic acids is 3. The third-order valence-corrected chi connectivity index (χ3v) is 9.75. The van der Waals surface area contributed by atoms with Gasteiger partial charge in [-0.15, -0.1) is 0 Å². The minimum absolute atomic E-state index is 0.0415. The zero-order valence-electron chi connectivity index (χ0n) is 31.2. The number of aliphatic hydroxyl groups excluding tert-OH is 1. The van der Waals surface area contributed by atoms with Gasteiger partial charge in [0.05, 0.1) is 24.0 Å². The topological polar surface area (TPSA) is 188 Å². The molecule has 4 amide bonds. The van der Waals surface area contributed by atoms with Crippen molar-refractivity contribution in [1.29, 1.82) is 0 Å². The molecule has 4 aromatic carbocycles. The fraction of sp³-hybridized carbons (Fsp3) is 0.286. The highest BCUT2D eigenvalue weighted by molar-refractivity contribution is 5.92. The second-order valence-electron chi connectivity index (χ2n) is 13.7. The maximum atomic E-state index is 12.8. The van der Waals surface area contributed by atoms with Crippen molar-refractivity contribution in [2.24, 2.45) is 0 Å². The maximum Gasteiger partial charge on any atom is 0.411 e. The molecule has 6 rings (SSSR count). The van der Waals surface area contributed by atoms with Crippen molar-refractivity contribution in [1.82, 2.24) is 25.4 Å². The first-order chi connectivity index (χ1) is 27.1. The van der Waals surface area contributed by atoms with Crippen molar-refractivity contribution in [3.63, 3.8) is 0 Å². The first-order valence-electron chi connectivity index (χ1n) is 18.6. The third-order valence-electron chi connectivity index (χ3n) is 9.75. The van der Waals surface area contributed by atoms with Gasteiger partial charge in [0.1, 0.15) is 11.9 Å². The SMILES string of the molecule is CN(CNC(=O)Nc1ccc(CNC[C@H](O)c2ccc(O)c3[nH]c(=O)ccc23)cc1)C(=O)CCN1CCC(OC(=O)Nc2ccccc2-c2ccccc2)CC1. The molecule has 14 nitrogen and oxygen atoms in total. The fourth-order valence-electron chi connectivity index (χ4n) is 6.62. The second kappa shape index (κ2) is 18.9. The van der Waals surface area contributed by atoms with E-state index in [4.69, 9.17) is 4.74 Å². The number of aliphatic hydroxyl groups is 1. The average molecular weight is 762 g/mol. The van der Waals surface area contributed by atoms with Gasteiger partial charge >= 0.3 is 12.1 Å². The molecule has 1 saturated heterocycles. The maximum absolute atomic E-state index is 12.8. The number of phenolic OH excluding ortho intramolecular Hbond substituents is 1. The summed E-state index contributed by atoms with van der Waals surface area (Å²) in [5, 5.41) is 33.0. The third kappa shape index (κ3) is 10.7. The summed E-state index contributed by atoms with van der Waals surface area (Å²) in [7, 11) is 1.64. The minimum atomic E-state index is -0.881. The number of pyridine rings is 1. The average Bonchev–Trinajstić information content (AvgIpc) is 3.21. The molecule has 5 aromatic rings. The van der Waals surface area contributed by atoms with Gasteiger partial charge in [0.25, 0.3) is 0 Å². The zero-order valence-corrected chi connectivity index (χ0v) is 31.2. The van der Waals surface area contributed by atoms with E-state index in [-0.39, 0.29) is 42.1 Å². The number of benzene rings is 4. The summed E-state index contributed by atoms with van der Waals surface area (Å²) in [5.41, 5.74) is 4.62. The smallest absolute Gasteiger partial charge is 0.411 e. The predicted molar refractivity (Wildman–Crippen MR) is 215 cm³/mol. The van der Waals surface area contributed by atoms with E-state index in [0.717, 1.165) is 16.7 Å². The van der Waals surface area contributed by atoms with Gasteiger partial charge in [0.2, 0.25) is 11.5 Å². The molecular weight excluding hydrogens is 715 g/mol. The number of piperidine rings is 1. The van der Waals surface area contributed by atoms with Gasteiger partial charge in [0.15, 0.2) is 0 Å². The molecule has 1 atom stereocenters. The number of para-hydroxylation sites is 1. The lowest BCUT2D eigenvalue weighted by Crippen LogP contribution is -2.43. The lowest BCUT2D eigenvalue weighted by molar-refractivity contribution is -0.130. The summed E-state index contributed by atoms with van der Waals surface area (Å²) in [4.78, 5) is 56.0. The van der Waals surface area contributed by atoms with Gasteiger partial charge in [-0.25, -0.2) is 9.59 Å². The van der Waals surface area contributed by atoms with E-state index in [2.05, 4.69) is 31.2 Å². The van der Waals surface area contributed by atoms with Gasteiger partial charge in [-0.1, -0.05) is 66.7 Å². The summed E-state index contributed by atoms with van der Waals surface area (Å²) in [6.45, 7) is 2.70. The van der Waals surface area contributed by atoms with E-state index in [1.54, 1.807) is 31.3 Å². The van der Waals surface area contributed by atoms with Gasteiger partial charge in [0, 0.05) is 68.9 Å². The molecule has 14 heteroatoms. The molecule has 1 aliphatic heterocycles. The number of H-pyrrole nitrogens is 1. The van der Waals surface area contributed by atoms with Gasteiger partial charge < -0.3 is 45.7 Å². The Balaban J connectivity index is 0.848. The fourth-order valence-corrected chi connectivity index (χ4v) is 6.62. The van der Waals surface area contributed by atoms with Crippen LogP contribution in [0.5, 0.6) is 5.75 Å². The summed E-state index contributed by atoms with van der Waals surface area (Å²) >= 11 is 0. The van der Waals surface area contributed by atoms with Crippen molar-refractivity contribution < 1.29 is 29.3 Å². The van der Waals surface area contributed by atoms with Crippen LogP contribution in [-0.2, 0) is 16.1 Å². The Morgan fingerprint density at radius 2 is 1.64 bits per heavy atom. The van der Waals surface area contributed by atoms with Crippen molar-refractivity contribution in [2.75, 3.05) is 50.5 Å². The molecule has 1 aromatic heterocycles. The number of hydrogen-bond donors (Lipinski definition) is 7. The van der Waals surface area contributed by atoms with Crippen LogP contribution in [-0.4, -0.2) is 89.0 Å². The molecular formula is C42H47N7O7. The molecule has 0 unspecified atom stereocenters. The van der Waals surface area contributed by atoms with Crippen LogP contribution in [0.1, 0.15) is 36.5 Å². The van der Waals surface area contributed by atoms with E-state index in [9.17, 15) is 29.4 Å². The number of fused-ring (bicyclic) bond motifs is 1. The standard InChI is InChI=1S/C42H47N7O7/c1-48(39(53)21-24-49-22-19-31(20-23-49)56-42(55)46-35-10-6-5-9-32(35)29-7-3-2-4-8-29)27-44-41(54)45-30-13-11-28(12-14-30)25-43-26-37(51)33-15-17-36(50)40-34(33)16-18-38(52)47-40/h2-18,31,37,43,50-51H,19-27H2,1H3,(H,46,55)(H,47,52)(H2,44,45,54)/t37-/m0/s1. The summed E-state index contributed by atoms with van der Waals surface area (Å²) in [5.74, 6) is -0.169. The number of urea groups is 1. The van der Waals surface area contributed by atoms with Crippen LogP contribution < -0.4 is 26.8 Å². The number of nitrogens with zero attached hydrogens (tertiary/aromatic N) is 2. The van der Waals surface area contributed by atoms with Crippen LogP contribution in [0.2, 0.25) is 0 Å². The highest BCUT2D eigenvalue weighted by Crippen LogP contribution is 2.29. The number of anilines is 2. The Kier molecular flexibility index (Phi) is 13.3. The minimum Gasteiger partial charge on any atom is -0.506 e. The van der Waals surface area contributed by atoms with Crippen molar-refractivity contribution >= 4 is 40.3 Å². The summed E-state index contributed by atoms with van der Waals surface area (Å²) in [6.07, 6.45) is 0.0566. The number of likely N-dealkylation sites (tertiary alicyclic amines) is 1. The molecule has 1 fully saturated rings. The van der Waals surface area contributed by atoms with Gasteiger partial charge in [-0.05, 0) is 59.9 Å². The highest BCUT2D eigenvalue weighted by Gasteiger charge is 2.24. The molecule has 0 saturated carbocycles. The van der Waals surface area contributed by atoms with Crippen molar-refractivity contribution in [3.8, 4) is 16.9 Å². The number of aromatic hydroxyl groups is 1. The van der Waals surface area contributed by atoms with E-state index in [0.29, 0.717) is 67.8 Å². The van der Waals surface area contributed by atoms with E-state index < -0.39 is 18.2 Å². The highest BCUT2D eigenvalue weighted by atomic mass is 16.6. The largest absolute Gasteiger partial charge is 0.506 e. The Labute approximate surface area is 324 Å². The summed E-state index contributed by atoms with van der Waals surface area (Å²) in [6, 6.07) is 30.2. The van der Waals surface area contributed by atoms with Crippen LogP contribution in [0, 0.1) is 0 Å². The molecule has 0 radical (unpaired) electrons. The Hall–Kier alpha value is -6.22. The van der Waals surface area contributed by atoms with Crippen LogP contribution in [0.15, 0.2) is 108 Å². The number of amides is 4. The number of ether oxygens (including phenoxy) is 1. The van der Waals surface area contributed by atoms with E-state index >= 15 is 0 Å². The molecule has 56 heavy (non-hydrogen) atoms. The number of phenols is 1. The lowest BCUT2D eigenvalue weighted by Gasteiger charge is -2.31. The van der Waals surface area contributed by atoms with Crippen LogP contribution in [0.3, 0.4) is 0 Å². The number of nitrogens with one attached hydrogen (secondary N) is 5. The van der Waals surface area contributed by atoms with Crippen LogP contribution in [0.25, 0.3) is 22.0 Å². The lowest BCUT2D eigenvalue weighted by atomic mass is 10.0. The number of hydrogen-bond acceptors (Lipinski definition) is 9. The second-order valence-corrected chi connectivity index (χ2v) is 13.7. The monoisotopic (exact) mass is 761 g/mol. The zero-order chi connectivity index (χ0) is 39.4. The number of carbonyl (C=O) groups is 3. The molecule has 0 aliphatic carbocycles. The molecule has 292 valence electrons. The molecule has 2 heterocycles. The van der Waals surface area contributed by atoms with Crippen molar-refractivity contribution in [2.45, 2.75) is 38.0 Å². The van der Waals surface area contributed by atoms with E-state index in [1.165, 1.54) is 17.0 Å². The quantitative estimate of drug-likeness (QED) is 0.0731. The Bertz CT molecular complexity index is 2170. The Morgan fingerprint density at radius 3 is 2.41 bits per heavy atom. The molecule has 0 spiro atoms. The first-order valence-corrected chi connectivity index (χ1v) is 18.6. The van der Waals surface area contributed by atoms with E-state index in [1.807, 2.05) is 66.7 Å². The molecule has 7 N–H and O–H groups in total. The van der Waals surface area contributed by atoms with Crippen molar-refractivity contribution in [3.05, 3.63) is 125 Å². The molecule has 0 bridgehead atoms. The molecule has 1 aliphatic rings. The van der Waals surface area contributed by atoms with Gasteiger partial charge in [-0.3, -0.25) is 14.9 Å². The first kappa shape index (κ1) is 39.5. The normalized spacial score (nSPS) is 13.8. The van der Waals surface area contributed by atoms with Gasteiger partial charge in [-0.2, -0.15) is 0 Å². The summed E-state index contributed by atoms with van der Waals surface area (Å²) < 4.78 is 5.73. The van der Waals surface area contributed by atoms with Crippen LogP contribution >= 0.6 is 0 Å².